The number of anilines is 2. The summed E-state index contributed by atoms with van der Waals surface area (Å²) < 4.78 is 5.69. The van der Waals surface area contributed by atoms with Crippen LogP contribution in [0.2, 0.25) is 0 Å². The average molecular weight is 452 g/mol. The monoisotopic (exact) mass is 451 g/mol. The third kappa shape index (κ3) is 3.89. The fraction of sp³-hybridized carbons (Fsp3) is 0.286. The Morgan fingerprint density at radius 1 is 1.03 bits per heavy atom. The Morgan fingerprint density at radius 2 is 1.97 bits per heavy atom. The number of rotatable bonds is 4. The molecule has 6 heteroatoms. The lowest BCUT2D eigenvalue weighted by atomic mass is 9.91. The third-order valence-corrected chi connectivity index (χ3v) is 7.01. The van der Waals surface area contributed by atoms with E-state index in [1.807, 2.05) is 6.20 Å². The van der Waals surface area contributed by atoms with Crippen LogP contribution < -0.4 is 15.4 Å². The molecule has 0 spiro atoms. The zero-order valence-corrected chi connectivity index (χ0v) is 19.7. The molecule has 3 aromatic carbocycles. The molecule has 0 bridgehead atoms. The number of likely N-dealkylation sites (N-methyl/N-ethyl adjacent to an activating group) is 1. The van der Waals surface area contributed by atoms with Crippen LogP contribution in [0, 0.1) is 0 Å². The van der Waals surface area contributed by atoms with Crippen LogP contribution in [-0.4, -0.2) is 42.1 Å². The fourth-order valence-electron chi connectivity index (χ4n) is 5.17. The van der Waals surface area contributed by atoms with Gasteiger partial charge >= 0.3 is 0 Å². The number of hydrogen-bond acceptors (Lipinski definition) is 6. The van der Waals surface area contributed by atoms with E-state index in [9.17, 15) is 0 Å². The molecule has 6 rings (SSSR count). The first-order chi connectivity index (χ1) is 16.7. The zero-order valence-electron chi connectivity index (χ0n) is 19.7. The molecule has 0 fully saturated rings. The zero-order chi connectivity index (χ0) is 23.1. The second-order valence-electron chi connectivity index (χ2n) is 9.27. The summed E-state index contributed by atoms with van der Waals surface area (Å²) in [6.45, 7) is 3.96. The largest absolute Gasteiger partial charge is 0.495 e. The summed E-state index contributed by atoms with van der Waals surface area (Å²) in [5.41, 5.74) is 9.83. The molecule has 0 radical (unpaired) electrons. The predicted octanol–water partition coefficient (Wildman–Crippen LogP) is 4.68. The van der Waals surface area contributed by atoms with E-state index in [0.29, 0.717) is 5.95 Å². The molecule has 172 valence electrons. The highest BCUT2D eigenvalue weighted by molar-refractivity contribution is 5.85. The molecule has 0 saturated carbocycles. The minimum atomic E-state index is 0.575. The highest BCUT2D eigenvalue weighted by atomic mass is 16.5. The summed E-state index contributed by atoms with van der Waals surface area (Å²) in [7, 11) is 3.87. The summed E-state index contributed by atoms with van der Waals surface area (Å²) in [6.07, 6.45) is 3.97. The first-order valence-electron chi connectivity index (χ1n) is 11.9. The molecule has 0 saturated heterocycles. The molecular formula is C28H29N5O. The van der Waals surface area contributed by atoms with Crippen molar-refractivity contribution in [2.45, 2.75) is 25.9 Å². The van der Waals surface area contributed by atoms with Crippen molar-refractivity contribution in [3.8, 4) is 16.9 Å². The van der Waals surface area contributed by atoms with Crippen LogP contribution in [-0.2, 0) is 25.9 Å². The molecule has 34 heavy (non-hydrogen) atoms. The maximum atomic E-state index is 5.69. The Balaban J connectivity index is 1.36. The van der Waals surface area contributed by atoms with Gasteiger partial charge in [0.05, 0.1) is 18.3 Å². The van der Waals surface area contributed by atoms with Gasteiger partial charge in [0.25, 0.3) is 0 Å². The van der Waals surface area contributed by atoms with Crippen molar-refractivity contribution in [3.63, 3.8) is 0 Å². The van der Waals surface area contributed by atoms with E-state index < -0.39 is 0 Å². The van der Waals surface area contributed by atoms with Gasteiger partial charge in [-0.2, -0.15) is 0 Å². The minimum absolute atomic E-state index is 0.575. The second kappa shape index (κ2) is 8.70. The highest BCUT2D eigenvalue weighted by Gasteiger charge is 2.18. The van der Waals surface area contributed by atoms with E-state index in [0.717, 1.165) is 61.4 Å². The van der Waals surface area contributed by atoms with Gasteiger partial charge in [0, 0.05) is 31.2 Å². The highest BCUT2D eigenvalue weighted by Crippen LogP contribution is 2.34. The van der Waals surface area contributed by atoms with Gasteiger partial charge in [-0.05, 0) is 78.0 Å². The molecule has 4 aromatic rings. The lowest BCUT2D eigenvalue weighted by Gasteiger charge is -2.26. The van der Waals surface area contributed by atoms with Crippen molar-refractivity contribution in [1.29, 1.82) is 0 Å². The number of fused-ring (bicyclic) bond motifs is 3. The van der Waals surface area contributed by atoms with E-state index in [4.69, 9.17) is 9.72 Å². The van der Waals surface area contributed by atoms with Crippen molar-refractivity contribution >= 4 is 22.5 Å². The van der Waals surface area contributed by atoms with Crippen LogP contribution in [0.15, 0.2) is 54.7 Å². The van der Waals surface area contributed by atoms with Crippen molar-refractivity contribution < 1.29 is 4.74 Å². The molecule has 0 amide bonds. The van der Waals surface area contributed by atoms with Gasteiger partial charge in [-0.25, -0.2) is 9.97 Å². The third-order valence-electron chi connectivity index (χ3n) is 7.01. The maximum absolute atomic E-state index is 5.69. The van der Waals surface area contributed by atoms with Gasteiger partial charge in [-0.1, -0.05) is 30.3 Å². The second-order valence-corrected chi connectivity index (χ2v) is 9.27. The van der Waals surface area contributed by atoms with Crippen LogP contribution in [0.25, 0.3) is 22.0 Å². The molecule has 2 N–H and O–H groups in total. The van der Waals surface area contributed by atoms with Crippen LogP contribution in [0.5, 0.6) is 5.75 Å². The SMILES string of the molecule is COc1cc2c(cc1Nc1ncc3ccc(-c4cccc5c4CCNC5)cc3n1)CN(C)CC2. The van der Waals surface area contributed by atoms with Gasteiger partial charge < -0.3 is 20.3 Å². The molecule has 1 aromatic heterocycles. The lowest BCUT2D eigenvalue weighted by molar-refractivity contribution is 0.312. The maximum Gasteiger partial charge on any atom is 0.227 e. The number of aromatic nitrogens is 2. The van der Waals surface area contributed by atoms with E-state index in [2.05, 4.69) is 76.1 Å². The summed E-state index contributed by atoms with van der Waals surface area (Å²) in [4.78, 5) is 11.8. The van der Waals surface area contributed by atoms with Crippen LogP contribution >= 0.6 is 0 Å². The van der Waals surface area contributed by atoms with Crippen LogP contribution in [0.4, 0.5) is 11.6 Å². The molecule has 0 aliphatic carbocycles. The summed E-state index contributed by atoms with van der Waals surface area (Å²) >= 11 is 0. The standard InChI is InChI=1S/C28H29N5O/c1-33-11-9-18-14-27(34-2)26(13-22(18)17-33)32-28-30-16-21-7-6-19(12-25(21)31-28)23-5-3-4-20-15-29-10-8-24(20)23/h3-7,12-14,16,29H,8-11,15,17H2,1-2H3,(H,30,31,32). The smallest absolute Gasteiger partial charge is 0.227 e. The van der Waals surface area contributed by atoms with Crippen molar-refractivity contribution in [2.24, 2.45) is 0 Å². The number of nitrogens with one attached hydrogen (secondary N) is 2. The molecule has 2 aliphatic rings. The quantitative estimate of drug-likeness (QED) is 0.470. The predicted molar refractivity (Wildman–Crippen MR) is 137 cm³/mol. The Bertz CT molecular complexity index is 1380. The van der Waals surface area contributed by atoms with E-state index in [-0.39, 0.29) is 0 Å². The summed E-state index contributed by atoms with van der Waals surface area (Å²) in [6, 6.07) is 17.4. The van der Waals surface area contributed by atoms with E-state index >= 15 is 0 Å². The number of methoxy groups -OCH3 is 1. The Morgan fingerprint density at radius 3 is 2.88 bits per heavy atom. The summed E-state index contributed by atoms with van der Waals surface area (Å²) in [5.74, 6) is 1.40. The van der Waals surface area contributed by atoms with Gasteiger partial charge in [0.1, 0.15) is 5.75 Å². The van der Waals surface area contributed by atoms with Crippen molar-refractivity contribution in [2.75, 3.05) is 32.6 Å². The molecule has 0 atom stereocenters. The lowest BCUT2D eigenvalue weighted by Crippen LogP contribution is -2.26. The Labute approximate surface area is 200 Å². The Kier molecular flexibility index (Phi) is 5.40. The topological polar surface area (TPSA) is 62.3 Å². The number of ether oxygens (including phenoxy) is 1. The average Bonchev–Trinajstić information content (AvgIpc) is 2.87. The van der Waals surface area contributed by atoms with E-state index in [1.165, 1.54) is 33.4 Å². The molecule has 6 nitrogen and oxygen atoms in total. The first-order valence-corrected chi connectivity index (χ1v) is 11.9. The molecule has 3 heterocycles. The van der Waals surface area contributed by atoms with E-state index in [1.54, 1.807) is 7.11 Å². The summed E-state index contributed by atoms with van der Waals surface area (Å²) in [5, 5.41) is 7.91. The van der Waals surface area contributed by atoms with Crippen LogP contribution in [0.1, 0.15) is 22.3 Å². The minimum Gasteiger partial charge on any atom is -0.495 e. The van der Waals surface area contributed by atoms with Gasteiger partial charge in [-0.15, -0.1) is 0 Å². The molecule has 2 aliphatic heterocycles. The first kappa shape index (κ1) is 21.1. The Hall–Kier alpha value is -3.48. The molecule has 0 unspecified atom stereocenters. The number of benzene rings is 3. The van der Waals surface area contributed by atoms with Crippen molar-refractivity contribution in [1.82, 2.24) is 20.2 Å². The van der Waals surface area contributed by atoms with Gasteiger partial charge in [0.15, 0.2) is 0 Å². The van der Waals surface area contributed by atoms with Crippen LogP contribution in [0.3, 0.4) is 0 Å². The number of nitrogens with zero attached hydrogens (tertiary/aromatic N) is 3. The normalized spacial score (nSPS) is 15.6. The number of hydrogen-bond donors (Lipinski definition) is 2. The van der Waals surface area contributed by atoms with Gasteiger partial charge in [0.2, 0.25) is 5.95 Å². The van der Waals surface area contributed by atoms with Gasteiger partial charge in [-0.3, -0.25) is 0 Å². The van der Waals surface area contributed by atoms with Crippen molar-refractivity contribution in [3.05, 3.63) is 77.0 Å². The molecular weight excluding hydrogens is 422 g/mol. The fourth-order valence-corrected chi connectivity index (χ4v) is 5.17.